The summed E-state index contributed by atoms with van der Waals surface area (Å²) in [5.41, 5.74) is 1.21. The Morgan fingerprint density at radius 1 is 1.34 bits per heavy atom. The lowest BCUT2D eigenvalue weighted by molar-refractivity contribution is -0.140. The molecule has 0 aliphatic carbocycles. The summed E-state index contributed by atoms with van der Waals surface area (Å²) in [6.45, 7) is 2.01. The highest BCUT2D eigenvalue weighted by Gasteiger charge is 2.28. The number of hydrogen-bond donors (Lipinski definition) is 0. The maximum Gasteiger partial charge on any atom is 0.307 e. The number of benzene rings is 1. The second kappa shape index (κ2) is 9.33. The number of nitrogens with zero attached hydrogens (tertiary/aromatic N) is 2. The summed E-state index contributed by atoms with van der Waals surface area (Å²) < 4.78 is 16.3. The molecule has 9 heteroatoms. The first kappa shape index (κ1) is 21.2. The van der Waals surface area contributed by atoms with Crippen molar-refractivity contribution in [3.63, 3.8) is 0 Å². The number of esters is 1. The van der Waals surface area contributed by atoms with E-state index < -0.39 is 5.97 Å². The molecule has 1 aromatic heterocycles. The minimum absolute atomic E-state index is 0.0672. The van der Waals surface area contributed by atoms with Crippen molar-refractivity contribution < 1.29 is 23.8 Å². The molecule has 0 spiro atoms. The van der Waals surface area contributed by atoms with Crippen LogP contribution >= 0.6 is 23.2 Å². The molecule has 0 saturated carbocycles. The lowest BCUT2D eigenvalue weighted by Gasteiger charge is -2.30. The van der Waals surface area contributed by atoms with Gasteiger partial charge in [0.15, 0.2) is 6.61 Å². The number of pyridine rings is 1. The Hall–Kier alpha value is -2.51. The lowest BCUT2D eigenvalue weighted by atomic mass is 10.1. The number of ether oxygens (including phenoxy) is 3. The zero-order chi connectivity index (χ0) is 21.0. The minimum atomic E-state index is -0.404. The Bertz CT molecular complexity index is 904. The molecule has 0 unspecified atom stereocenters. The predicted octanol–water partition coefficient (Wildman–Crippen LogP) is 4.21. The highest BCUT2D eigenvalue weighted by atomic mass is 35.5. The number of methoxy groups -OCH3 is 1. The predicted molar refractivity (Wildman–Crippen MR) is 109 cm³/mol. The smallest absolute Gasteiger partial charge is 0.307 e. The van der Waals surface area contributed by atoms with Gasteiger partial charge in [0.25, 0.3) is 5.91 Å². The third kappa shape index (κ3) is 4.92. The van der Waals surface area contributed by atoms with Crippen LogP contribution in [0.5, 0.6) is 11.5 Å². The Morgan fingerprint density at radius 3 is 2.79 bits per heavy atom. The molecule has 1 amide bonds. The monoisotopic (exact) mass is 438 g/mol. The van der Waals surface area contributed by atoms with Gasteiger partial charge in [0.1, 0.15) is 17.6 Å². The quantitative estimate of drug-likeness (QED) is 0.602. The summed E-state index contributed by atoms with van der Waals surface area (Å²) in [5, 5.41) is 0.859. The molecule has 0 N–H and O–H groups in total. The second-order valence-corrected chi connectivity index (χ2v) is 7.17. The van der Waals surface area contributed by atoms with Crippen molar-refractivity contribution in [2.45, 2.75) is 25.9 Å². The van der Waals surface area contributed by atoms with Crippen LogP contribution in [0.4, 0.5) is 5.69 Å². The van der Waals surface area contributed by atoms with Gasteiger partial charge in [-0.1, -0.05) is 30.1 Å². The van der Waals surface area contributed by atoms with Gasteiger partial charge < -0.3 is 19.1 Å². The molecule has 7 nitrogen and oxygen atoms in total. The molecule has 2 aromatic rings. The molecule has 0 radical (unpaired) electrons. The summed E-state index contributed by atoms with van der Waals surface area (Å²) in [6.07, 6.45) is 1.96. The van der Waals surface area contributed by atoms with E-state index in [1.54, 1.807) is 30.5 Å². The van der Waals surface area contributed by atoms with E-state index in [0.717, 1.165) is 5.69 Å². The summed E-state index contributed by atoms with van der Waals surface area (Å²) in [7, 11) is 1.30. The van der Waals surface area contributed by atoms with Crippen LogP contribution in [-0.2, 0) is 14.3 Å². The van der Waals surface area contributed by atoms with Gasteiger partial charge in [-0.2, -0.15) is 0 Å². The van der Waals surface area contributed by atoms with Crippen LogP contribution in [0.1, 0.15) is 31.6 Å². The van der Waals surface area contributed by atoms with Crippen molar-refractivity contribution >= 4 is 40.8 Å². The third-order valence-electron chi connectivity index (χ3n) is 4.44. The van der Waals surface area contributed by atoms with E-state index in [9.17, 15) is 9.59 Å². The number of aromatic nitrogens is 1. The molecular weight excluding hydrogens is 419 g/mol. The Kier molecular flexibility index (Phi) is 6.82. The molecule has 1 aliphatic heterocycles. The lowest BCUT2D eigenvalue weighted by Crippen LogP contribution is -2.40. The van der Waals surface area contributed by atoms with E-state index in [1.165, 1.54) is 12.0 Å². The van der Waals surface area contributed by atoms with Crippen LogP contribution in [0, 0.1) is 0 Å². The number of carbonyl (C=O) groups is 2. The number of hydrogen-bond acceptors (Lipinski definition) is 6. The standard InChI is InChI=1S/C20H20Cl2N2O5/c1-3-16(14-5-4-12(21)10-23-14)29-17-9-18-15(8-13(17)22)24(19(25)11-28-18)7-6-20(26)27-2/h4-5,8-10,16H,3,6-7,11H2,1-2H3/t16-/m0/s1. The summed E-state index contributed by atoms with van der Waals surface area (Å²) in [6, 6.07) is 6.79. The number of halogens is 2. The highest BCUT2D eigenvalue weighted by Crippen LogP contribution is 2.42. The molecule has 1 aromatic carbocycles. The van der Waals surface area contributed by atoms with Crippen LogP contribution in [0.15, 0.2) is 30.5 Å². The molecule has 1 aliphatic rings. The van der Waals surface area contributed by atoms with Gasteiger partial charge in [0.05, 0.1) is 35.0 Å². The van der Waals surface area contributed by atoms with Crippen LogP contribution in [0.2, 0.25) is 10.0 Å². The number of amides is 1. The SMILES string of the molecule is CC[C@H](Oc1cc2c(cc1Cl)N(CCC(=O)OC)C(=O)CO2)c1ccc(Cl)cn1. The number of fused-ring (bicyclic) bond motifs is 1. The van der Waals surface area contributed by atoms with Gasteiger partial charge >= 0.3 is 5.97 Å². The van der Waals surface area contributed by atoms with Gasteiger partial charge in [-0.05, 0) is 24.6 Å². The molecule has 0 fully saturated rings. The van der Waals surface area contributed by atoms with E-state index in [1.807, 2.05) is 6.92 Å². The minimum Gasteiger partial charge on any atom is -0.482 e. The van der Waals surface area contributed by atoms with E-state index >= 15 is 0 Å². The van der Waals surface area contributed by atoms with Crippen molar-refractivity contribution in [3.05, 3.63) is 46.2 Å². The topological polar surface area (TPSA) is 78.0 Å². The fourth-order valence-electron chi connectivity index (χ4n) is 2.93. The number of carbonyl (C=O) groups excluding carboxylic acids is 2. The average molecular weight is 439 g/mol. The molecule has 154 valence electrons. The van der Waals surface area contributed by atoms with Gasteiger partial charge in [-0.25, -0.2) is 0 Å². The average Bonchev–Trinajstić information content (AvgIpc) is 2.72. The number of rotatable bonds is 7. The first-order valence-electron chi connectivity index (χ1n) is 9.04. The number of anilines is 1. The maximum atomic E-state index is 12.2. The normalized spacial score (nSPS) is 14.1. The van der Waals surface area contributed by atoms with Crippen LogP contribution in [0.25, 0.3) is 0 Å². The first-order chi connectivity index (χ1) is 13.9. The van der Waals surface area contributed by atoms with Gasteiger partial charge in [0, 0.05) is 18.8 Å². The fraction of sp³-hybridized carbons (Fsp3) is 0.350. The van der Waals surface area contributed by atoms with Crippen LogP contribution < -0.4 is 14.4 Å². The van der Waals surface area contributed by atoms with E-state index in [-0.39, 0.29) is 31.6 Å². The van der Waals surface area contributed by atoms with Crippen molar-refractivity contribution in [1.29, 1.82) is 0 Å². The highest BCUT2D eigenvalue weighted by molar-refractivity contribution is 6.32. The molecular formula is C20H20Cl2N2O5. The van der Waals surface area contributed by atoms with Crippen LogP contribution in [0.3, 0.4) is 0 Å². The Labute approximate surface area is 178 Å². The van der Waals surface area contributed by atoms with Crippen molar-refractivity contribution in [2.75, 3.05) is 25.2 Å². The van der Waals surface area contributed by atoms with Crippen molar-refractivity contribution in [3.8, 4) is 11.5 Å². The maximum absolute atomic E-state index is 12.2. The summed E-state index contributed by atoms with van der Waals surface area (Å²) >= 11 is 12.3. The molecule has 2 heterocycles. The van der Waals surface area contributed by atoms with Gasteiger partial charge in [-0.15, -0.1) is 0 Å². The fourth-order valence-corrected chi connectivity index (χ4v) is 3.24. The molecule has 0 bridgehead atoms. The first-order valence-corrected chi connectivity index (χ1v) is 9.80. The zero-order valence-corrected chi connectivity index (χ0v) is 17.5. The Balaban J connectivity index is 1.84. The molecule has 3 rings (SSSR count). The largest absolute Gasteiger partial charge is 0.482 e. The van der Waals surface area contributed by atoms with E-state index in [0.29, 0.717) is 33.7 Å². The van der Waals surface area contributed by atoms with Gasteiger partial charge in [-0.3, -0.25) is 14.6 Å². The van der Waals surface area contributed by atoms with Gasteiger partial charge in [0.2, 0.25) is 0 Å². The molecule has 1 atom stereocenters. The van der Waals surface area contributed by atoms with E-state index in [4.69, 9.17) is 32.7 Å². The second-order valence-electron chi connectivity index (χ2n) is 6.33. The van der Waals surface area contributed by atoms with Crippen molar-refractivity contribution in [2.24, 2.45) is 0 Å². The Morgan fingerprint density at radius 2 is 2.14 bits per heavy atom. The summed E-state index contributed by atoms with van der Waals surface area (Å²) in [4.78, 5) is 29.5. The van der Waals surface area contributed by atoms with Crippen molar-refractivity contribution in [1.82, 2.24) is 4.98 Å². The van der Waals surface area contributed by atoms with Crippen LogP contribution in [-0.4, -0.2) is 37.1 Å². The summed E-state index contributed by atoms with van der Waals surface area (Å²) in [5.74, 6) is 0.199. The van der Waals surface area contributed by atoms with E-state index in [2.05, 4.69) is 9.72 Å². The molecule has 29 heavy (non-hydrogen) atoms. The molecule has 0 saturated heterocycles. The third-order valence-corrected chi connectivity index (χ3v) is 4.96. The zero-order valence-electron chi connectivity index (χ0n) is 16.0.